The van der Waals surface area contributed by atoms with Crippen LogP contribution in [0.5, 0.6) is 0 Å². The SMILES string of the molecule is CCC1CCC(Nc2ccc(C(=O)O)c(N)c2)CC1. The van der Waals surface area contributed by atoms with Crippen molar-refractivity contribution in [1.29, 1.82) is 0 Å². The van der Waals surface area contributed by atoms with Crippen molar-refractivity contribution in [2.45, 2.75) is 45.1 Å². The number of nitrogen functional groups attached to an aromatic ring is 1. The Morgan fingerprint density at radius 3 is 2.58 bits per heavy atom. The fourth-order valence-electron chi connectivity index (χ4n) is 2.80. The first-order chi connectivity index (χ1) is 9.10. The van der Waals surface area contributed by atoms with Gasteiger partial charge in [-0.25, -0.2) is 4.79 Å². The van der Waals surface area contributed by atoms with E-state index in [4.69, 9.17) is 10.8 Å². The topological polar surface area (TPSA) is 75.3 Å². The molecule has 1 aromatic rings. The molecule has 1 aromatic carbocycles. The van der Waals surface area contributed by atoms with Gasteiger partial charge in [0.15, 0.2) is 0 Å². The Morgan fingerprint density at radius 1 is 1.37 bits per heavy atom. The van der Waals surface area contributed by atoms with Crippen LogP contribution in [0.25, 0.3) is 0 Å². The van der Waals surface area contributed by atoms with Gasteiger partial charge in [-0.2, -0.15) is 0 Å². The second kappa shape index (κ2) is 5.95. The van der Waals surface area contributed by atoms with Crippen LogP contribution in [-0.4, -0.2) is 17.1 Å². The molecule has 0 atom stereocenters. The zero-order valence-corrected chi connectivity index (χ0v) is 11.4. The summed E-state index contributed by atoms with van der Waals surface area (Å²) in [6, 6.07) is 5.57. The number of anilines is 2. The summed E-state index contributed by atoms with van der Waals surface area (Å²) in [6.07, 6.45) is 6.18. The predicted molar refractivity (Wildman–Crippen MR) is 77.5 cm³/mol. The molecule has 0 aromatic heterocycles. The lowest BCUT2D eigenvalue weighted by Gasteiger charge is -2.29. The summed E-state index contributed by atoms with van der Waals surface area (Å²) in [6.45, 7) is 2.25. The van der Waals surface area contributed by atoms with Crippen molar-refractivity contribution in [3.05, 3.63) is 23.8 Å². The zero-order valence-electron chi connectivity index (χ0n) is 11.4. The van der Waals surface area contributed by atoms with Gasteiger partial charge < -0.3 is 16.2 Å². The fraction of sp³-hybridized carbons (Fsp3) is 0.533. The summed E-state index contributed by atoms with van der Waals surface area (Å²) in [5.41, 5.74) is 7.16. The maximum absolute atomic E-state index is 10.9. The number of carbonyl (C=O) groups is 1. The number of carboxylic acid groups (broad SMARTS) is 1. The van der Waals surface area contributed by atoms with Crippen LogP contribution in [0.15, 0.2) is 18.2 Å². The highest BCUT2D eigenvalue weighted by Crippen LogP contribution is 2.29. The van der Waals surface area contributed by atoms with Gasteiger partial charge in [-0.15, -0.1) is 0 Å². The monoisotopic (exact) mass is 262 g/mol. The third-order valence-electron chi connectivity index (χ3n) is 4.08. The Kier molecular flexibility index (Phi) is 4.30. The van der Waals surface area contributed by atoms with Gasteiger partial charge >= 0.3 is 5.97 Å². The molecule has 0 bridgehead atoms. The summed E-state index contributed by atoms with van der Waals surface area (Å²) in [7, 11) is 0. The lowest BCUT2D eigenvalue weighted by Crippen LogP contribution is -2.25. The fourth-order valence-corrected chi connectivity index (χ4v) is 2.80. The molecule has 1 aliphatic carbocycles. The summed E-state index contributed by atoms with van der Waals surface area (Å²) in [5, 5.41) is 12.4. The predicted octanol–water partition coefficient (Wildman–Crippen LogP) is 3.35. The number of aromatic carboxylic acids is 1. The average Bonchev–Trinajstić information content (AvgIpc) is 2.39. The van der Waals surface area contributed by atoms with E-state index in [9.17, 15) is 4.79 Å². The number of rotatable bonds is 4. The van der Waals surface area contributed by atoms with Gasteiger partial charge in [0.05, 0.1) is 5.56 Å². The number of benzene rings is 1. The average molecular weight is 262 g/mol. The van der Waals surface area contributed by atoms with Crippen molar-refractivity contribution in [2.75, 3.05) is 11.1 Å². The molecule has 104 valence electrons. The minimum absolute atomic E-state index is 0.167. The molecule has 0 amide bonds. The minimum atomic E-state index is -0.979. The van der Waals surface area contributed by atoms with Gasteiger partial charge in [-0.05, 0) is 49.8 Å². The number of hydrogen-bond donors (Lipinski definition) is 3. The Labute approximate surface area is 114 Å². The molecular weight excluding hydrogens is 240 g/mol. The molecule has 0 unspecified atom stereocenters. The summed E-state index contributed by atoms with van der Waals surface area (Å²) < 4.78 is 0. The van der Waals surface area contributed by atoms with Crippen molar-refractivity contribution in [2.24, 2.45) is 5.92 Å². The molecule has 0 saturated heterocycles. The highest BCUT2D eigenvalue weighted by atomic mass is 16.4. The van der Waals surface area contributed by atoms with Gasteiger partial charge in [0.25, 0.3) is 0 Å². The van der Waals surface area contributed by atoms with Gasteiger partial charge in [0.2, 0.25) is 0 Å². The Hall–Kier alpha value is -1.71. The van der Waals surface area contributed by atoms with Crippen LogP contribution in [0.1, 0.15) is 49.4 Å². The molecule has 0 spiro atoms. The van der Waals surface area contributed by atoms with Crippen LogP contribution in [0.2, 0.25) is 0 Å². The van der Waals surface area contributed by atoms with Crippen molar-refractivity contribution >= 4 is 17.3 Å². The second-order valence-corrected chi connectivity index (χ2v) is 5.38. The molecule has 0 aliphatic heterocycles. The van der Waals surface area contributed by atoms with E-state index in [2.05, 4.69) is 12.2 Å². The van der Waals surface area contributed by atoms with Gasteiger partial charge in [0.1, 0.15) is 0 Å². The Bertz CT molecular complexity index is 451. The molecule has 2 rings (SSSR count). The maximum Gasteiger partial charge on any atom is 0.337 e. The largest absolute Gasteiger partial charge is 0.478 e. The molecule has 0 heterocycles. The molecule has 4 heteroatoms. The van der Waals surface area contributed by atoms with Crippen LogP contribution < -0.4 is 11.1 Å². The highest BCUT2D eigenvalue weighted by molar-refractivity contribution is 5.94. The minimum Gasteiger partial charge on any atom is -0.478 e. The molecule has 1 aliphatic rings. The molecule has 19 heavy (non-hydrogen) atoms. The van der Waals surface area contributed by atoms with Crippen molar-refractivity contribution < 1.29 is 9.90 Å². The third kappa shape index (κ3) is 3.40. The Balaban J connectivity index is 1.97. The quantitative estimate of drug-likeness (QED) is 0.727. The van der Waals surface area contributed by atoms with E-state index >= 15 is 0 Å². The number of carboxylic acids is 1. The highest BCUT2D eigenvalue weighted by Gasteiger charge is 2.20. The van der Waals surface area contributed by atoms with Gasteiger partial charge in [0, 0.05) is 17.4 Å². The van der Waals surface area contributed by atoms with E-state index in [1.165, 1.54) is 32.1 Å². The summed E-state index contributed by atoms with van der Waals surface area (Å²) in [4.78, 5) is 10.9. The van der Waals surface area contributed by atoms with Crippen LogP contribution in [0.3, 0.4) is 0 Å². The van der Waals surface area contributed by atoms with E-state index in [0.717, 1.165) is 11.6 Å². The van der Waals surface area contributed by atoms with Crippen molar-refractivity contribution in [1.82, 2.24) is 0 Å². The standard InChI is InChI=1S/C15H22N2O2/c1-2-10-3-5-11(6-4-10)17-12-7-8-13(15(18)19)14(16)9-12/h7-11,17H,2-6,16H2,1H3,(H,18,19). The van der Waals surface area contributed by atoms with Crippen LogP contribution >= 0.6 is 0 Å². The first kappa shape index (κ1) is 13.7. The van der Waals surface area contributed by atoms with Gasteiger partial charge in [-0.3, -0.25) is 0 Å². The van der Waals surface area contributed by atoms with E-state index < -0.39 is 5.97 Å². The molecule has 1 saturated carbocycles. The van der Waals surface area contributed by atoms with Crippen LogP contribution in [0, 0.1) is 5.92 Å². The maximum atomic E-state index is 10.9. The van der Waals surface area contributed by atoms with Gasteiger partial charge in [-0.1, -0.05) is 13.3 Å². The van der Waals surface area contributed by atoms with Crippen molar-refractivity contribution in [3.8, 4) is 0 Å². The molecule has 1 fully saturated rings. The number of nitrogens with two attached hydrogens (primary N) is 1. The number of hydrogen-bond acceptors (Lipinski definition) is 3. The van der Waals surface area contributed by atoms with Crippen molar-refractivity contribution in [3.63, 3.8) is 0 Å². The van der Waals surface area contributed by atoms with Crippen LogP contribution in [-0.2, 0) is 0 Å². The first-order valence-corrected chi connectivity index (χ1v) is 6.99. The number of nitrogens with one attached hydrogen (secondary N) is 1. The lowest BCUT2D eigenvalue weighted by atomic mass is 9.84. The van der Waals surface area contributed by atoms with Crippen LogP contribution in [0.4, 0.5) is 11.4 Å². The lowest BCUT2D eigenvalue weighted by molar-refractivity contribution is 0.0698. The second-order valence-electron chi connectivity index (χ2n) is 5.38. The first-order valence-electron chi connectivity index (χ1n) is 6.99. The molecule has 4 nitrogen and oxygen atoms in total. The smallest absolute Gasteiger partial charge is 0.337 e. The normalized spacial score (nSPS) is 23.0. The molecule has 0 radical (unpaired) electrons. The third-order valence-corrected chi connectivity index (χ3v) is 4.08. The molecule has 4 N–H and O–H groups in total. The van der Waals surface area contributed by atoms with E-state index in [0.29, 0.717) is 11.7 Å². The zero-order chi connectivity index (χ0) is 13.8. The summed E-state index contributed by atoms with van der Waals surface area (Å²) >= 11 is 0. The van der Waals surface area contributed by atoms with E-state index in [-0.39, 0.29) is 5.56 Å². The summed E-state index contributed by atoms with van der Waals surface area (Å²) in [5.74, 6) is -0.106. The Morgan fingerprint density at radius 2 is 2.05 bits per heavy atom. The molecular formula is C15H22N2O2. The van der Waals surface area contributed by atoms with E-state index in [1.54, 1.807) is 18.2 Å². The van der Waals surface area contributed by atoms with E-state index in [1.807, 2.05) is 0 Å².